The molecule has 1 aromatic rings. The molecule has 1 heterocycles. The summed E-state index contributed by atoms with van der Waals surface area (Å²) in [5, 5.41) is 15.7. The molecule has 0 atom stereocenters. The van der Waals surface area contributed by atoms with Crippen molar-refractivity contribution in [3.63, 3.8) is 0 Å². The zero-order valence-corrected chi connectivity index (χ0v) is 10.4. The van der Waals surface area contributed by atoms with Gasteiger partial charge >= 0.3 is 0 Å². The van der Waals surface area contributed by atoms with Gasteiger partial charge < -0.3 is 10.6 Å². The summed E-state index contributed by atoms with van der Waals surface area (Å²) in [5.74, 6) is 3.20. The van der Waals surface area contributed by atoms with Gasteiger partial charge in [-0.2, -0.15) is 5.26 Å². The number of nitrogens with one attached hydrogen (secondary N) is 2. The van der Waals surface area contributed by atoms with E-state index in [4.69, 9.17) is 5.26 Å². The first kappa shape index (κ1) is 11.3. The Morgan fingerprint density at radius 2 is 1.78 bits per heavy atom. The Morgan fingerprint density at radius 1 is 1.11 bits per heavy atom. The number of hydrogen-bond acceptors (Lipinski definition) is 4. The second kappa shape index (κ2) is 4.85. The van der Waals surface area contributed by atoms with Crippen LogP contribution < -0.4 is 10.6 Å². The molecule has 0 aliphatic heterocycles. The lowest BCUT2D eigenvalue weighted by Gasteiger charge is -2.10. The Kier molecular flexibility index (Phi) is 3.06. The highest BCUT2D eigenvalue weighted by Crippen LogP contribution is 2.30. The lowest BCUT2D eigenvalue weighted by molar-refractivity contribution is 0.873. The fraction of sp³-hybridized carbons (Fsp3) is 0.571. The Hall–Kier alpha value is -1.76. The van der Waals surface area contributed by atoms with E-state index in [2.05, 4.69) is 21.7 Å². The van der Waals surface area contributed by atoms with Crippen molar-refractivity contribution in [2.24, 2.45) is 11.8 Å². The largest absolute Gasteiger partial charge is 0.370 e. The molecule has 1 aromatic heterocycles. The molecule has 3 rings (SSSR count). The van der Waals surface area contributed by atoms with Crippen LogP contribution >= 0.6 is 0 Å². The van der Waals surface area contributed by atoms with Crippen LogP contribution in [0.1, 0.15) is 31.2 Å². The Labute approximate surface area is 107 Å². The van der Waals surface area contributed by atoms with E-state index in [0.29, 0.717) is 5.56 Å². The maximum Gasteiger partial charge on any atom is 0.146 e. The van der Waals surface area contributed by atoms with Crippen LogP contribution in [0.5, 0.6) is 0 Å². The fourth-order valence-electron chi connectivity index (χ4n) is 1.92. The molecule has 4 heteroatoms. The van der Waals surface area contributed by atoms with Gasteiger partial charge in [-0.3, -0.25) is 0 Å². The summed E-state index contributed by atoms with van der Waals surface area (Å²) in [6, 6.07) is 5.93. The van der Waals surface area contributed by atoms with Crippen LogP contribution in [-0.4, -0.2) is 18.1 Å². The summed E-state index contributed by atoms with van der Waals surface area (Å²) in [6.07, 6.45) is 5.26. The van der Waals surface area contributed by atoms with E-state index >= 15 is 0 Å². The van der Waals surface area contributed by atoms with E-state index in [0.717, 1.165) is 36.6 Å². The number of nitriles is 1. The second-order valence-corrected chi connectivity index (χ2v) is 5.35. The highest BCUT2D eigenvalue weighted by atomic mass is 15.1. The minimum atomic E-state index is 0.632. The predicted molar refractivity (Wildman–Crippen MR) is 71.4 cm³/mol. The van der Waals surface area contributed by atoms with Gasteiger partial charge in [-0.15, -0.1) is 0 Å². The van der Waals surface area contributed by atoms with Gasteiger partial charge in [0, 0.05) is 13.1 Å². The minimum absolute atomic E-state index is 0.632. The van der Waals surface area contributed by atoms with Gasteiger partial charge in [0.1, 0.15) is 17.7 Å². The van der Waals surface area contributed by atoms with Gasteiger partial charge in [0.2, 0.25) is 0 Å². The van der Waals surface area contributed by atoms with Gasteiger partial charge in [-0.25, -0.2) is 4.98 Å². The zero-order chi connectivity index (χ0) is 12.4. The smallest absolute Gasteiger partial charge is 0.146 e. The minimum Gasteiger partial charge on any atom is -0.370 e. The highest BCUT2D eigenvalue weighted by Gasteiger charge is 2.22. The first-order valence-corrected chi connectivity index (χ1v) is 6.74. The summed E-state index contributed by atoms with van der Waals surface area (Å²) in [4.78, 5) is 4.50. The number of anilines is 2. The summed E-state index contributed by atoms with van der Waals surface area (Å²) in [7, 11) is 0. The second-order valence-electron chi connectivity index (χ2n) is 5.35. The lowest BCUT2D eigenvalue weighted by Crippen LogP contribution is -2.10. The molecule has 0 amide bonds. The number of nitrogens with zero attached hydrogens (tertiary/aromatic N) is 2. The van der Waals surface area contributed by atoms with Crippen LogP contribution in [-0.2, 0) is 0 Å². The molecule has 18 heavy (non-hydrogen) atoms. The average molecular weight is 242 g/mol. The summed E-state index contributed by atoms with van der Waals surface area (Å²) < 4.78 is 0. The third-order valence-electron chi connectivity index (χ3n) is 3.54. The SMILES string of the molecule is N#Cc1ccc(NCC2CC2)nc1NCC1CC1. The molecule has 2 aliphatic rings. The molecule has 2 fully saturated rings. The molecule has 4 nitrogen and oxygen atoms in total. The van der Waals surface area contributed by atoms with Gasteiger partial charge in [-0.1, -0.05) is 0 Å². The van der Waals surface area contributed by atoms with Crippen molar-refractivity contribution < 1.29 is 0 Å². The summed E-state index contributed by atoms with van der Waals surface area (Å²) in [5.41, 5.74) is 0.632. The Bertz CT molecular complexity index is 469. The summed E-state index contributed by atoms with van der Waals surface area (Å²) >= 11 is 0. The molecular weight excluding hydrogens is 224 g/mol. The van der Waals surface area contributed by atoms with Gasteiger partial charge in [-0.05, 0) is 49.7 Å². The van der Waals surface area contributed by atoms with Crippen molar-refractivity contribution in [3.8, 4) is 6.07 Å². The third kappa shape index (κ3) is 2.92. The summed E-state index contributed by atoms with van der Waals surface area (Å²) in [6.45, 7) is 1.94. The number of pyridine rings is 1. The van der Waals surface area contributed by atoms with Gasteiger partial charge in [0.15, 0.2) is 0 Å². The third-order valence-corrected chi connectivity index (χ3v) is 3.54. The van der Waals surface area contributed by atoms with Crippen LogP contribution in [0.3, 0.4) is 0 Å². The maximum atomic E-state index is 9.07. The molecule has 0 spiro atoms. The van der Waals surface area contributed by atoms with E-state index in [1.807, 2.05) is 12.1 Å². The van der Waals surface area contributed by atoms with Crippen LogP contribution in [0.25, 0.3) is 0 Å². The number of rotatable bonds is 6. The van der Waals surface area contributed by atoms with Crippen molar-refractivity contribution in [1.29, 1.82) is 5.26 Å². The molecule has 0 unspecified atom stereocenters. The molecule has 2 aliphatic carbocycles. The lowest BCUT2D eigenvalue weighted by atomic mass is 10.2. The van der Waals surface area contributed by atoms with Crippen LogP contribution in [0.4, 0.5) is 11.6 Å². The van der Waals surface area contributed by atoms with Gasteiger partial charge in [0.05, 0.1) is 5.56 Å². The molecule has 0 aromatic carbocycles. The number of aromatic nitrogens is 1. The first-order chi connectivity index (χ1) is 8.85. The highest BCUT2D eigenvalue weighted by molar-refractivity contribution is 5.56. The van der Waals surface area contributed by atoms with Crippen molar-refractivity contribution in [2.45, 2.75) is 25.7 Å². The number of hydrogen-bond donors (Lipinski definition) is 2. The van der Waals surface area contributed by atoms with E-state index in [1.165, 1.54) is 25.7 Å². The van der Waals surface area contributed by atoms with E-state index < -0.39 is 0 Å². The molecule has 0 radical (unpaired) electrons. The predicted octanol–water partition coefficient (Wildman–Crippen LogP) is 2.60. The van der Waals surface area contributed by atoms with E-state index in [-0.39, 0.29) is 0 Å². The Morgan fingerprint density at radius 3 is 2.39 bits per heavy atom. The first-order valence-electron chi connectivity index (χ1n) is 6.74. The monoisotopic (exact) mass is 242 g/mol. The molecule has 0 saturated heterocycles. The molecular formula is C14H18N4. The molecule has 2 N–H and O–H groups in total. The van der Waals surface area contributed by atoms with E-state index in [1.54, 1.807) is 0 Å². The molecule has 2 saturated carbocycles. The standard InChI is InChI=1S/C14H18N4/c15-7-12-5-6-13(16-8-10-1-2-10)18-14(12)17-9-11-3-4-11/h5-6,10-11H,1-4,8-9H2,(H2,16,17,18). The molecule has 0 bridgehead atoms. The van der Waals surface area contributed by atoms with Crippen LogP contribution in [0.2, 0.25) is 0 Å². The van der Waals surface area contributed by atoms with Crippen molar-refractivity contribution in [1.82, 2.24) is 4.98 Å². The quantitative estimate of drug-likeness (QED) is 0.805. The van der Waals surface area contributed by atoms with Gasteiger partial charge in [0.25, 0.3) is 0 Å². The van der Waals surface area contributed by atoms with Crippen LogP contribution in [0, 0.1) is 23.2 Å². The fourth-order valence-corrected chi connectivity index (χ4v) is 1.92. The van der Waals surface area contributed by atoms with Crippen LogP contribution in [0.15, 0.2) is 12.1 Å². The Balaban J connectivity index is 1.66. The van der Waals surface area contributed by atoms with Crippen molar-refractivity contribution in [2.75, 3.05) is 23.7 Å². The molecule has 94 valence electrons. The van der Waals surface area contributed by atoms with E-state index in [9.17, 15) is 0 Å². The average Bonchev–Trinajstić information content (AvgIpc) is 3.28. The maximum absolute atomic E-state index is 9.07. The van der Waals surface area contributed by atoms with Crippen molar-refractivity contribution in [3.05, 3.63) is 17.7 Å². The normalized spacial score (nSPS) is 18.2. The zero-order valence-electron chi connectivity index (χ0n) is 10.4. The van der Waals surface area contributed by atoms with Crippen molar-refractivity contribution >= 4 is 11.6 Å². The topological polar surface area (TPSA) is 60.7 Å².